The van der Waals surface area contributed by atoms with Gasteiger partial charge in [0.2, 0.25) is 0 Å². The monoisotopic (exact) mass is 336 g/mol. The van der Waals surface area contributed by atoms with Crippen LogP contribution >= 0.6 is 22.6 Å². The second kappa shape index (κ2) is 4.72. The Labute approximate surface area is 112 Å². The molecule has 2 rings (SSSR count). The number of aromatic nitrogens is 1. The van der Waals surface area contributed by atoms with Crippen LogP contribution in [0.2, 0.25) is 0 Å². The number of nitriles is 1. The lowest BCUT2D eigenvalue weighted by Gasteiger charge is -2.08. The van der Waals surface area contributed by atoms with Crippen LogP contribution in [0.25, 0.3) is 11.3 Å². The average Bonchev–Trinajstić information content (AvgIpc) is 2.36. The smallest absolute Gasteiger partial charge is 0.264 e. The summed E-state index contributed by atoms with van der Waals surface area (Å²) in [6.45, 7) is 0. The minimum absolute atomic E-state index is 0.00698. The van der Waals surface area contributed by atoms with Gasteiger partial charge in [-0.15, -0.1) is 0 Å². The van der Waals surface area contributed by atoms with E-state index in [-0.39, 0.29) is 5.56 Å². The van der Waals surface area contributed by atoms with E-state index in [0.717, 1.165) is 11.3 Å². The van der Waals surface area contributed by atoms with E-state index in [1.165, 1.54) is 0 Å². The van der Waals surface area contributed by atoms with Crippen LogP contribution in [-0.4, -0.2) is 4.57 Å². The van der Waals surface area contributed by atoms with Crippen molar-refractivity contribution in [3.05, 3.63) is 55.9 Å². The highest BCUT2D eigenvalue weighted by Gasteiger charge is 2.05. The van der Waals surface area contributed by atoms with Crippen molar-refractivity contribution in [3.63, 3.8) is 0 Å². The van der Waals surface area contributed by atoms with Crippen molar-refractivity contribution in [3.8, 4) is 17.3 Å². The van der Waals surface area contributed by atoms with Crippen LogP contribution in [-0.2, 0) is 7.05 Å². The Morgan fingerprint density at radius 3 is 2.41 bits per heavy atom. The Bertz CT molecular complexity index is 651. The van der Waals surface area contributed by atoms with E-state index in [1.54, 1.807) is 29.8 Å². The summed E-state index contributed by atoms with van der Waals surface area (Å²) in [6.07, 6.45) is 0. The lowest BCUT2D eigenvalue weighted by atomic mass is 10.1. The van der Waals surface area contributed by atoms with Crippen LogP contribution in [0.1, 0.15) is 5.56 Å². The molecule has 0 spiro atoms. The van der Waals surface area contributed by atoms with Crippen molar-refractivity contribution in [2.75, 3.05) is 0 Å². The summed E-state index contributed by atoms with van der Waals surface area (Å²) in [7, 11) is 1.75. The van der Waals surface area contributed by atoms with Crippen molar-refractivity contribution in [1.29, 1.82) is 5.26 Å². The van der Waals surface area contributed by atoms with Gasteiger partial charge < -0.3 is 4.57 Å². The molecule has 84 valence electrons. The molecule has 1 aromatic carbocycles. The van der Waals surface area contributed by atoms with E-state index in [0.29, 0.717) is 9.13 Å². The first-order valence-electron chi connectivity index (χ1n) is 4.99. The first-order chi connectivity index (χ1) is 8.13. The highest BCUT2D eigenvalue weighted by atomic mass is 127. The zero-order valence-corrected chi connectivity index (χ0v) is 11.3. The lowest BCUT2D eigenvalue weighted by Crippen LogP contribution is -2.20. The van der Waals surface area contributed by atoms with Crippen LogP contribution in [0.3, 0.4) is 0 Å². The van der Waals surface area contributed by atoms with Crippen molar-refractivity contribution < 1.29 is 0 Å². The highest BCUT2D eigenvalue weighted by molar-refractivity contribution is 14.1. The Morgan fingerprint density at radius 1 is 1.18 bits per heavy atom. The fourth-order valence-corrected chi connectivity index (χ4v) is 2.15. The van der Waals surface area contributed by atoms with E-state index in [1.807, 2.05) is 40.8 Å². The molecule has 0 amide bonds. The van der Waals surface area contributed by atoms with Gasteiger partial charge in [0.1, 0.15) is 0 Å². The number of nitrogens with zero attached hydrogens (tertiary/aromatic N) is 2. The van der Waals surface area contributed by atoms with Crippen molar-refractivity contribution in [1.82, 2.24) is 4.57 Å². The van der Waals surface area contributed by atoms with E-state index in [4.69, 9.17) is 5.26 Å². The number of hydrogen-bond acceptors (Lipinski definition) is 2. The van der Waals surface area contributed by atoms with E-state index in [2.05, 4.69) is 6.07 Å². The molecule has 0 unspecified atom stereocenters. The molecule has 0 N–H and O–H groups in total. The molecule has 4 heteroatoms. The molecule has 0 bridgehead atoms. The van der Waals surface area contributed by atoms with Crippen LogP contribution < -0.4 is 5.56 Å². The van der Waals surface area contributed by atoms with Gasteiger partial charge in [-0.1, -0.05) is 12.1 Å². The van der Waals surface area contributed by atoms with E-state index < -0.39 is 0 Å². The number of halogens is 1. The Hall–Kier alpha value is -1.61. The predicted octanol–water partition coefficient (Wildman–Crippen LogP) is 2.53. The second-order valence-corrected chi connectivity index (χ2v) is 4.78. The molecule has 0 fully saturated rings. The predicted molar refractivity (Wildman–Crippen MR) is 74.6 cm³/mol. The molecule has 0 aliphatic heterocycles. The summed E-state index contributed by atoms with van der Waals surface area (Å²) in [4.78, 5) is 11.8. The fourth-order valence-electron chi connectivity index (χ4n) is 1.61. The minimum Gasteiger partial charge on any atom is -0.310 e. The maximum Gasteiger partial charge on any atom is 0.264 e. The standard InChI is InChI=1S/C13H9IN2O/c1-16-12(7-6-11(14)13(16)17)10-4-2-9(8-15)3-5-10/h2-7H,1H3. The molecular weight excluding hydrogens is 327 g/mol. The number of pyridine rings is 1. The molecule has 3 nitrogen and oxygen atoms in total. The van der Waals surface area contributed by atoms with Crippen molar-refractivity contribution in [2.24, 2.45) is 7.05 Å². The van der Waals surface area contributed by atoms with Crippen molar-refractivity contribution in [2.45, 2.75) is 0 Å². The third-order valence-corrected chi connectivity index (χ3v) is 3.39. The maximum atomic E-state index is 11.8. The first kappa shape index (κ1) is 11.9. The first-order valence-corrected chi connectivity index (χ1v) is 6.07. The summed E-state index contributed by atoms with van der Waals surface area (Å²) in [5.41, 5.74) is 2.39. The molecule has 0 radical (unpaired) electrons. The van der Waals surface area contributed by atoms with Crippen molar-refractivity contribution >= 4 is 22.6 Å². The topological polar surface area (TPSA) is 45.8 Å². The molecule has 1 heterocycles. The molecule has 17 heavy (non-hydrogen) atoms. The molecule has 1 aromatic heterocycles. The van der Waals surface area contributed by atoms with Crippen LogP contribution in [0.4, 0.5) is 0 Å². The molecule has 0 atom stereocenters. The summed E-state index contributed by atoms with van der Waals surface area (Å²) < 4.78 is 2.31. The van der Waals surface area contributed by atoms with Gasteiger partial charge in [0, 0.05) is 7.05 Å². The summed E-state index contributed by atoms with van der Waals surface area (Å²) >= 11 is 2.02. The zero-order chi connectivity index (χ0) is 12.4. The Kier molecular flexibility index (Phi) is 3.29. The van der Waals surface area contributed by atoms with E-state index >= 15 is 0 Å². The van der Waals surface area contributed by atoms with Gasteiger partial charge in [0.15, 0.2) is 0 Å². The zero-order valence-electron chi connectivity index (χ0n) is 9.14. The number of rotatable bonds is 1. The largest absolute Gasteiger partial charge is 0.310 e. The Morgan fingerprint density at radius 2 is 1.82 bits per heavy atom. The SMILES string of the molecule is Cn1c(-c2ccc(C#N)cc2)ccc(I)c1=O. The van der Waals surface area contributed by atoms with E-state index in [9.17, 15) is 4.79 Å². The number of hydrogen-bond donors (Lipinski definition) is 0. The third-order valence-electron chi connectivity index (χ3n) is 2.57. The molecule has 2 aromatic rings. The third kappa shape index (κ3) is 2.24. The lowest BCUT2D eigenvalue weighted by molar-refractivity contribution is 0.863. The van der Waals surface area contributed by atoms with Gasteiger partial charge in [-0.25, -0.2) is 0 Å². The molecule has 0 saturated carbocycles. The second-order valence-electron chi connectivity index (χ2n) is 3.62. The molecular formula is C13H9IN2O. The molecule has 0 aliphatic rings. The Balaban J connectivity index is 2.58. The summed E-state index contributed by atoms with van der Waals surface area (Å²) in [5.74, 6) is 0. The average molecular weight is 336 g/mol. The molecule has 0 aliphatic carbocycles. The van der Waals surface area contributed by atoms with Gasteiger partial charge >= 0.3 is 0 Å². The fraction of sp³-hybridized carbons (Fsp3) is 0.0769. The van der Waals surface area contributed by atoms with Gasteiger partial charge in [0.25, 0.3) is 5.56 Å². The van der Waals surface area contributed by atoms with Gasteiger partial charge in [-0.2, -0.15) is 5.26 Å². The normalized spacial score (nSPS) is 9.94. The number of benzene rings is 1. The van der Waals surface area contributed by atoms with Crippen LogP contribution in [0, 0.1) is 14.9 Å². The summed E-state index contributed by atoms with van der Waals surface area (Å²) in [6, 6.07) is 13.0. The molecule has 0 saturated heterocycles. The van der Waals surface area contributed by atoms with Gasteiger partial charge in [-0.3, -0.25) is 4.79 Å². The highest BCUT2D eigenvalue weighted by Crippen LogP contribution is 2.18. The van der Waals surface area contributed by atoms with Gasteiger partial charge in [0.05, 0.1) is 20.9 Å². The quantitative estimate of drug-likeness (QED) is 0.752. The van der Waals surface area contributed by atoms with Gasteiger partial charge in [-0.05, 0) is 52.4 Å². The van der Waals surface area contributed by atoms with Crippen LogP contribution in [0.15, 0.2) is 41.2 Å². The van der Waals surface area contributed by atoms with Crippen LogP contribution in [0.5, 0.6) is 0 Å². The minimum atomic E-state index is -0.00698. The summed E-state index contributed by atoms with van der Waals surface area (Å²) in [5, 5.41) is 8.73. The maximum absolute atomic E-state index is 11.8.